The zero-order valence-electron chi connectivity index (χ0n) is 11.3. The molecule has 106 valence electrons. The second-order valence-electron chi connectivity index (χ2n) is 4.72. The number of hydrogen-bond donors (Lipinski definition) is 0. The molecule has 2 rings (SSSR count). The lowest BCUT2D eigenvalue weighted by Crippen LogP contribution is -2.01. The standard InChI is InChI=1S/C16H15BrClFO/c1-10-5-12(8-18)6-11(2)16(10)20-9-13-3-4-14(19)7-15(13)17/h3-7H,8-9H2,1-2H3. The first-order chi connectivity index (χ1) is 9.51. The highest BCUT2D eigenvalue weighted by Gasteiger charge is 2.08. The van der Waals surface area contributed by atoms with Crippen molar-refractivity contribution >= 4 is 27.5 Å². The van der Waals surface area contributed by atoms with E-state index in [2.05, 4.69) is 15.9 Å². The van der Waals surface area contributed by atoms with Crippen LogP contribution in [0.2, 0.25) is 0 Å². The van der Waals surface area contributed by atoms with Crippen molar-refractivity contribution in [3.63, 3.8) is 0 Å². The Labute approximate surface area is 131 Å². The number of aryl methyl sites for hydroxylation is 2. The topological polar surface area (TPSA) is 9.23 Å². The average Bonchev–Trinajstić information content (AvgIpc) is 2.39. The van der Waals surface area contributed by atoms with E-state index in [4.69, 9.17) is 16.3 Å². The SMILES string of the molecule is Cc1cc(CCl)cc(C)c1OCc1ccc(F)cc1Br. The Hall–Kier alpha value is -1.06. The van der Waals surface area contributed by atoms with Crippen LogP contribution in [0, 0.1) is 19.7 Å². The van der Waals surface area contributed by atoms with Gasteiger partial charge in [-0.1, -0.05) is 34.1 Å². The molecule has 0 aliphatic heterocycles. The van der Waals surface area contributed by atoms with E-state index in [1.54, 1.807) is 6.07 Å². The van der Waals surface area contributed by atoms with Crippen LogP contribution in [-0.2, 0) is 12.5 Å². The molecule has 2 aromatic rings. The van der Waals surface area contributed by atoms with Gasteiger partial charge in [-0.2, -0.15) is 0 Å². The first-order valence-electron chi connectivity index (χ1n) is 6.24. The van der Waals surface area contributed by atoms with Crippen molar-refractivity contribution in [3.8, 4) is 5.75 Å². The van der Waals surface area contributed by atoms with Crippen LogP contribution in [0.4, 0.5) is 4.39 Å². The third-order valence-electron chi connectivity index (χ3n) is 3.06. The summed E-state index contributed by atoms with van der Waals surface area (Å²) in [6.45, 7) is 4.39. The summed E-state index contributed by atoms with van der Waals surface area (Å²) in [4.78, 5) is 0. The van der Waals surface area contributed by atoms with E-state index in [-0.39, 0.29) is 5.82 Å². The van der Waals surface area contributed by atoms with Gasteiger partial charge in [0.25, 0.3) is 0 Å². The Morgan fingerprint density at radius 3 is 2.35 bits per heavy atom. The Morgan fingerprint density at radius 1 is 1.15 bits per heavy atom. The molecule has 1 nitrogen and oxygen atoms in total. The van der Waals surface area contributed by atoms with Gasteiger partial charge in [0, 0.05) is 15.9 Å². The minimum atomic E-state index is -0.264. The van der Waals surface area contributed by atoms with Crippen molar-refractivity contribution in [1.82, 2.24) is 0 Å². The first kappa shape index (κ1) is 15.3. The molecule has 0 heterocycles. The molecule has 0 atom stereocenters. The van der Waals surface area contributed by atoms with E-state index >= 15 is 0 Å². The van der Waals surface area contributed by atoms with Crippen molar-refractivity contribution in [1.29, 1.82) is 0 Å². The van der Waals surface area contributed by atoms with E-state index in [0.29, 0.717) is 17.0 Å². The molecule has 0 aliphatic rings. The van der Waals surface area contributed by atoms with Crippen LogP contribution < -0.4 is 4.74 Å². The molecule has 0 unspecified atom stereocenters. The van der Waals surface area contributed by atoms with Crippen LogP contribution in [-0.4, -0.2) is 0 Å². The van der Waals surface area contributed by atoms with E-state index in [1.807, 2.05) is 26.0 Å². The van der Waals surface area contributed by atoms with Gasteiger partial charge in [-0.3, -0.25) is 0 Å². The van der Waals surface area contributed by atoms with Gasteiger partial charge in [0.15, 0.2) is 0 Å². The molecule has 0 amide bonds. The zero-order valence-corrected chi connectivity index (χ0v) is 13.7. The summed E-state index contributed by atoms with van der Waals surface area (Å²) >= 11 is 9.19. The first-order valence-corrected chi connectivity index (χ1v) is 7.57. The molecule has 0 aliphatic carbocycles. The van der Waals surface area contributed by atoms with Gasteiger partial charge in [0.05, 0.1) is 0 Å². The molecule has 2 aromatic carbocycles. The quantitative estimate of drug-likeness (QED) is 0.654. The Kier molecular flexibility index (Phi) is 5.06. The molecular formula is C16H15BrClFO. The van der Waals surface area contributed by atoms with Crippen molar-refractivity contribution in [2.75, 3.05) is 0 Å². The van der Waals surface area contributed by atoms with Crippen molar-refractivity contribution in [3.05, 3.63) is 62.9 Å². The lowest BCUT2D eigenvalue weighted by molar-refractivity contribution is 0.301. The minimum absolute atomic E-state index is 0.264. The van der Waals surface area contributed by atoms with E-state index in [9.17, 15) is 4.39 Å². The molecule has 0 radical (unpaired) electrons. The summed E-state index contributed by atoms with van der Waals surface area (Å²) < 4.78 is 19.6. The van der Waals surface area contributed by atoms with Crippen molar-refractivity contribution in [2.45, 2.75) is 26.3 Å². The predicted molar refractivity (Wildman–Crippen MR) is 83.9 cm³/mol. The van der Waals surface area contributed by atoms with Crippen molar-refractivity contribution in [2.24, 2.45) is 0 Å². The molecule has 4 heteroatoms. The minimum Gasteiger partial charge on any atom is -0.488 e. The zero-order chi connectivity index (χ0) is 14.7. The maximum atomic E-state index is 13.0. The van der Waals surface area contributed by atoms with Crippen LogP contribution in [0.15, 0.2) is 34.8 Å². The number of rotatable bonds is 4. The Morgan fingerprint density at radius 2 is 1.80 bits per heavy atom. The summed E-state index contributed by atoms with van der Waals surface area (Å²) in [6, 6.07) is 8.63. The van der Waals surface area contributed by atoms with Crippen LogP contribution in [0.3, 0.4) is 0 Å². The summed E-state index contributed by atoms with van der Waals surface area (Å²) in [6.07, 6.45) is 0. The fourth-order valence-corrected chi connectivity index (χ4v) is 2.75. The van der Waals surface area contributed by atoms with E-state index in [1.165, 1.54) is 12.1 Å². The summed E-state index contributed by atoms with van der Waals surface area (Å²) in [5, 5.41) is 0. The molecule has 0 spiro atoms. The van der Waals surface area contributed by atoms with Gasteiger partial charge in [0.1, 0.15) is 18.2 Å². The lowest BCUT2D eigenvalue weighted by atomic mass is 10.1. The summed E-state index contributed by atoms with van der Waals surface area (Å²) in [5.41, 5.74) is 4.10. The second-order valence-corrected chi connectivity index (χ2v) is 5.84. The maximum absolute atomic E-state index is 13.0. The number of halogens is 3. The monoisotopic (exact) mass is 356 g/mol. The van der Waals surface area contributed by atoms with Gasteiger partial charge in [-0.15, -0.1) is 11.6 Å². The highest BCUT2D eigenvalue weighted by atomic mass is 79.9. The van der Waals surface area contributed by atoms with Crippen LogP contribution in [0.1, 0.15) is 22.3 Å². The highest BCUT2D eigenvalue weighted by Crippen LogP contribution is 2.27. The summed E-state index contributed by atoms with van der Waals surface area (Å²) in [5.74, 6) is 1.08. The van der Waals surface area contributed by atoms with Gasteiger partial charge in [0.2, 0.25) is 0 Å². The molecule has 0 aromatic heterocycles. The molecule has 0 saturated carbocycles. The normalized spacial score (nSPS) is 10.7. The third kappa shape index (κ3) is 3.53. The van der Waals surface area contributed by atoms with E-state index in [0.717, 1.165) is 28.0 Å². The van der Waals surface area contributed by atoms with Gasteiger partial charge < -0.3 is 4.74 Å². The van der Waals surface area contributed by atoms with E-state index < -0.39 is 0 Å². The van der Waals surface area contributed by atoms with Gasteiger partial charge in [-0.25, -0.2) is 4.39 Å². The largest absolute Gasteiger partial charge is 0.488 e. The molecular weight excluding hydrogens is 343 g/mol. The highest BCUT2D eigenvalue weighted by molar-refractivity contribution is 9.10. The predicted octanol–water partition coefficient (Wildman–Crippen LogP) is 5.52. The average molecular weight is 358 g/mol. The van der Waals surface area contributed by atoms with Crippen molar-refractivity contribution < 1.29 is 9.13 Å². The van der Waals surface area contributed by atoms with Crippen LogP contribution in [0.5, 0.6) is 5.75 Å². The number of hydrogen-bond acceptors (Lipinski definition) is 1. The third-order valence-corrected chi connectivity index (χ3v) is 4.11. The lowest BCUT2D eigenvalue weighted by Gasteiger charge is -2.14. The molecule has 0 N–H and O–H groups in total. The fraction of sp³-hybridized carbons (Fsp3) is 0.250. The second kappa shape index (κ2) is 6.59. The Bertz CT molecular complexity index is 605. The Balaban J connectivity index is 2.19. The van der Waals surface area contributed by atoms with Gasteiger partial charge >= 0.3 is 0 Å². The number of alkyl halides is 1. The number of benzene rings is 2. The molecule has 0 bridgehead atoms. The molecule has 20 heavy (non-hydrogen) atoms. The molecule has 0 fully saturated rings. The smallest absolute Gasteiger partial charge is 0.125 e. The van der Waals surface area contributed by atoms with Crippen LogP contribution >= 0.6 is 27.5 Å². The maximum Gasteiger partial charge on any atom is 0.125 e. The summed E-state index contributed by atoms with van der Waals surface area (Å²) in [7, 11) is 0. The van der Waals surface area contributed by atoms with Gasteiger partial charge in [-0.05, 0) is 42.7 Å². The number of ether oxygens (including phenoxy) is 1. The van der Waals surface area contributed by atoms with Crippen LogP contribution in [0.25, 0.3) is 0 Å². The molecule has 0 saturated heterocycles. The fourth-order valence-electron chi connectivity index (χ4n) is 2.13.